The van der Waals surface area contributed by atoms with Crippen molar-refractivity contribution in [3.05, 3.63) is 35.4 Å². The van der Waals surface area contributed by atoms with Crippen molar-refractivity contribution in [1.29, 1.82) is 0 Å². The van der Waals surface area contributed by atoms with Crippen LogP contribution in [0, 0.1) is 5.92 Å². The second-order valence-corrected chi connectivity index (χ2v) is 5.63. The monoisotopic (exact) mass is 315 g/mol. The van der Waals surface area contributed by atoms with Crippen molar-refractivity contribution in [2.45, 2.75) is 31.4 Å². The third kappa shape index (κ3) is 3.40. The molecule has 1 fully saturated rings. The number of hydrogen-bond donors (Lipinski definition) is 2. The van der Waals surface area contributed by atoms with Crippen LogP contribution in [0.3, 0.4) is 0 Å². The smallest absolute Gasteiger partial charge is 0.416 e. The molecule has 0 aromatic heterocycles. The number of aliphatic carboxylic acids is 1. The number of rotatable bonds is 5. The van der Waals surface area contributed by atoms with Crippen LogP contribution in [0.15, 0.2) is 24.3 Å². The van der Waals surface area contributed by atoms with Gasteiger partial charge < -0.3 is 10.4 Å². The van der Waals surface area contributed by atoms with Gasteiger partial charge in [0.25, 0.3) is 0 Å². The summed E-state index contributed by atoms with van der Waals surface area (Å²) in [5.74, 6) is -2.95. The van der Waals surface area contributed by atoms with E-state index in [1.807, 2.05) is 0 Å². The number of halogens is 3. The van der Waals surface area contributed by atoms with Gasteiger partial charge in [0.05, 0.1) is 5.56 Å². The van der Waals surface area contributed by atoms with Crippen LogP contribution in [0.4, 0.5) is 13.2 Å². The highest BCUT2D eigenvalue weighted by atomic mass is 19.4. The highest BCUT2D eigenvalue weighted by Gasteiger charge is 2.45. The maximum absolute atomic E-state index is 12.5. The van der Waals surface area contributed by atoms with Gasteiger partial charge >= 0.3 is 12.1 Å². The third-order valence-corrected chi connectivity index (χ3v) is 4.04. The predicted molar refractivity (Wildman–Crippen MR) is 72.2 cm³/mol. The zero-order valence-corrected chi connectivity index (χ0v) is 11.9. The minimum atomic E-state index is -4.37. The number of nitrogens with one attached hydrogen (secondary N) is 1. The molecule has 0 radical (unpaired) electrons. The third-order valence-electron chi connectivity index (χ3n) is 4.04. The fourth-order valence-corrected chi connectivity index (χ4v) is 2.25. The topological polar surface area (TPSA) is 66.4 Å². The van der Waals surface area contributed by atoms with E-state index >= 15 is 0 Å². The average Bonchev–Trinajstić information content (AvgIpc) is 3.24. The van der Waals surface area contributed by atoms with Crippen LogP contribution >= 0.6 is 0 Å². The number of carboxylic acid groups (broad SMARTS) is 1. The molecule has 0 aliphatic heterocycles. The summed E-state index contributed by atoms with van der Waals surface area (Å²) in [4.78, 5) is 22.4. The Morgan fingerprint density at radius 3 is 2.23 bits per heavy atom. The molecule has 120 valence electrons. The Bertz CT molecular complexity index is 577. The Labute approximate surface area is 125 Å². The lowest BCUT2D eigenvalue weighted by Gasteiger charge is -2.18. The zero-order chi connectivity index (χ0) is 16.5. The van der Waals surface area contributed by atoms with Crippen LogP contribution in [-0.2, 0) is 21.2 Å². The van der Waals surface area contributed by atoms with Gasteiger partial charge in [0.1, 0.15) is 5.92 Å². The molecule has 0 spiro atoms. The van der Waals surface area contributed by atoms with Crippen molar-refractivity contribution in [1.82, 2.24) is 5.32 Å². The van der Waals surface area contributed by atoms with E-state index in [1.54, 1.807) is 0 Å². The number of carbonyl (C=O) groups is 2. The lowest BCUT2D eigenvalue weighted by molar-refractivity contribution is -0.146. The van der Waals surface area contributed by atoms with Crippen molar-refractivity contribution in [2.24, 2.45) is 5.92 Å². The number of hydrogen-bond acceptors (Lipinski definition) is 2. The first kappa shape index (κ1) is 16.3. The van der Waals surface area contributed by atoms with E-state index in [0.717, 1.165) is 30.5 Å². The summed E-state index contributed by atoms with van der Waals surface area (Å²) in [5, 5.41) is 11.3. The number of benzene rings is 1. The normalized spacial score (nSPS) is 17.6. The van der Waals surface area contributed by atoms with Gasteiger partial charge in [-0.15, -0.1) is 0 Å². The summed E-state index contributed by atoms with van der Waals surface area (Å²) in [6.45, 7) is 1.52. The van der Waals surface area contributed by atoms with Crippen LogP contribution in [0.25, 0.3) is 0 Å². The van der Waals surface area contributed by atoms with Crippen molar-refractivity contribution >= 4 is 11.9 Å². The van der Waals surface area contributed by atoms with Gasteiger partial charge in [0, 0.05) is 12.0 Å². The zero-order valence-electron chi connectivity index (χ0n) is 11.9. The van der Waals surface area contributed by atoms with E-state index in [-0.39, 0.29) is 12.0 Å². The fraction of sp³-hybridized carbons (Fsp3) is 0.467. The summed E-state index contributed by atoms with van der Waals surface area (Å²) >= 11 is 0. The fourth-order valence-electron chi connectivity index (χ4n) is 2.25. The Morgan fingerprint density at radius 2 is 1.82 bits per heavy atom. The molecule has 1 amide bonds. The summed E-state index contributed by atoms with van der Waals surface area (Å²) < 4.78 is 37.6. The van der Waals surface area contributed by atoms with Crippen molar-refractivity contribution in [3.8, 4) is 0 Å². The highest BCUT2D eigenvalue weighted by Crippen LogP contribution is 2.48. The van der Waals surface area contributed by atoms with E-state index in [1.165, 1.54) is 19.1 Å². The molecular weight excluding hydrogens is 299 g/mol. The Balaban J connectivity index is 2.03. The SMILES string of the molecule is CC(C(=O)O)C(=O)NCC1(c2ccc(C(F)(F)F)cc2)CC1. The highest BCUT2D eigenvalue weighted by molar-refractivity contribution is 5.96. The molecule has 4 nitrogen and oxygen atoms in total. The van der Waals surface area contributed by atoms with E-state index in [0.29, 0.717) is 0 Å². The first-order valence-electron chi connectivity index (χ1n) is 6.84. The quantitative estimate of drug-likeness (QED) is 0.821. The summed E-state index contributed by atoms with van der Waals surface area (Å²) in [7, 11) is 0. The lowest BCUT2D eigenvalue weighted by Crippen LogP contribution is -2.38. The van der Waals surface area contributed by atoms with Gasteiger partial charge in [0.2, 0.25) is 5.91 Å². The van der Waals surface area contributed by atoms with Crippen molar-refractivity contribution < 1.29 is 27.9 Å². The molecule has 0 heterocycles. The van der Waals surface area contributed by atoms with Crippen LogP contribution in [-0.4, -0.2) is 23.5 Å². The van der Waals surface area contributed by atoms with Gasteiger partial charge in [0.15, 0.2) is 0 Å². The first-order chi connectivity index (χ1) is 10.2. The molecule has 1 aromatic rings. The minimum absolute atomic E-state index is 0.231. The molecule has 0 saturated heterocycles. The van der Waals surface area contributed by atoms with Crippen LogP contribution < -0.4 is 5.32 Å². The van der Waals surface area contributed by atoms with Gasteiger partial charge in [-0.1, -0.05) is 12.1 Å². The van der Waals surface area contributed by atoms with Gasteiger partial charge in [-0.2, -0.15) is 13.2 Å². The minimum Gasteiger partial charge on any atom is -0.481 e. The molecule has 22 heavy (non-hydrogen) atoms. The molecule has 7 heteroatoms. The van der Waals surface area contributed by atoms with Gasteiger partial charge in [-0.25, -0.2) is 0 Å². The van der Waals surface area contributed by atoms with Gasteiger partial charge in [-0.05, 0) is 37.5 Å². The largest absolute Gasteiger partial charge is 0.481 e. The number of carboxylic acids is 1. The molecular formula is C15H16F3NO3. The van der Waals surface area contributed by atoms with E-state index < -0.39 is 29.5 Å². The average molecular weight is 315 g/mol. The predicted octanol–water partition coefficient (Wildman–Crippen LogP) is 2.57. The Kier molecular flexibility index (Phi) is 4.17. The maximum Gasteiger partial charge on any atom is 0.416 e. The molecule has 1 aliphatic rings. The van der Waals surface area contributed by atoms with E-state index in [4.69, 9.17) is 5.11 Å². The molecule has 1 saturated carbocycles. The molecule has 1 aliphatic carbocycles. The number of alkyl halides is 3. The molecule has 1 unspecified atom stereocenters. The second-order valence-electron chi connectivity index (χ2n) is 5.63. The maximum atomic E-state index is 12.5. The van der Waals surface area contributed by atoms with Crippen LogP contribution in [0.1, 0.15) is 30.9 Å². The van der Waals surface area contributed by atoms with E-state index in [2.05, 4.69) is 5.32 Å². The molecule has 1 atom stereocenters. The van der Waals surface area contributed by atoms with Crippen molar-refractivity contribution in [2.75, 3.05) is 6.54 Å². The molecule has 2 N–H and O–H groups in total. The first-order valence-corrected chi connectivity index (χ1v) is 6.84. The summed E-state index contributed by atoms with van der Waals surface area (Å²) in [6.07, 6.45) is -2.87. The lowest BCUT2D eigenvalue weighted by atomic mass is 9.94. The number of amides is 1. The Hall–Kier alpha value is -2.05. The summed E-state index contributed by atoms with van der Waals surface area (Å²) in [5.41, 5.74) is -0.364. The van der Waals surface area contributed by atoms with E-state index in [9.17, 15) is 22.8 Å². The molecule has 2 rings (SSSR count). The standard InChI is InChI=1S/C15H16F3NO3/c1-9(13(21)22)12(20)19-8-14(6-7-14)10-2-4-11(5-3-10)15(16,17)18/h2-5,9H,6-8H2,1H3,(H,19,20)(H,21,22). The van der Waals surface area contributed by atoms with Gasteiger partial charge in [-0.3, -0.25) is 9.59 Å². The van der Waals surface area contributed by atoms with Crippen molar-refractivity contribution in [3.63, 3.8) is 0 Å². The summed E-state index contributed by atoms with van der Waals surface area (Å²) in [6, 6.07) is 4.89. The Morgan fingerprint density at radius 1 is 1.27 bits per heavy atom. The van der Waals surface area contributed by atoms with Crippen LogP contribution in [0.2, 0.25) is 0 Å². The molecule has 1 aromatic carbocycles. The number of carbonyl (C=O) groups excluding carboxylic acids is 1. The molecule has 0 bridgehead atoms. The van der Waals surface area contributed by atoms with Crippen LogP contribution in [0.5, 0.6) is 0 Å². The second kappa shape index (κ2) is 5.62.